The fraction of sp³-hybridized carbons (Fsp3) is 0.333. The Hall–Kier alpha value is -3.41. The number of carbonyl (C=O) groups is 1. The number of hydrogen-bond donors (Lipinski definition) is 2. The molecule has 0 aliphatic carbocycles. The van der Waals surface area contributed by atoms with Crippen molar-refractivity contribution in [2.45, 2.75) is 31.5 Å². The number of amides is 1. The van der Waals surface area contributed by atoms with E-state index in [0.29, 0.717) is 0 Å². The quantitative estimate of drug-likeness (QED) is 0.547. The van der Waals surface area contributed by atoms with Crippen LogP contribution in [0.5, 0.6) is 11.5 Å². The molecule has 1 aliphatic rings. The Morgan fingerprint density at radius 2 is 1.76 bits per heavy atom. The number of guanidine groups is 1. The van der Waals surface area contributed by atoms with Crippen LogP contribution in [0.2, 0.25) is 0 Å². The summed E-state index contributed by atoms with van der Waals surface area (Å²) in [5.41, 5.74) is 10.2. The normalized spacial score (nSPS) is 18.3. The molecule has 0 bridgehead atoms. The second-order valence-electron chi connectivity index (χ2n) is 7.12. The van der Waals surface area contributed by atoms with Gasteiger partial charge in [0.05, 0.1) is 6.61 Å². The Morgan fingerprint density at radius 3 is 2.33 bits per heavy atom. The summed E-state index contributed by atoms with van der Waals surface area (Å²) in [6.07, 6.45) is -3.26. The van der Waals surface area contributed by atoms with E-state index < -0.39 is 43.3 Å². The highest BCUT2D eigenvalue weighted by Gasteiger charge is 2.50. The second-order valence-corrected chi connectivity index (χ2v) is 7.12. The third-order valence-electron chi connectivity index (χ3n) is 5.10. The summed E-state index contributed by atoms with van der Waals surface area (Å²) >= 11 is 0. The van der Waals surface area contributed by atoms with Gasteiger partial charge < -0.3 is 20.9 Å². The lowest BCUT2D eigenvalue weighted by Gasteiger charge is -2.27. The molecule has 0 unspecified atom stereocenters. The molecule has 0 aromatic heterocycles. The van der Waals surface area contributed by atoms with Gasteiger partial charge in [-0.2, -0.15) is 8.78 Å². The van der Waals surface area contributed by atoms with Crippen molar-refractivity contribution in [2.24, 2.45) is 16.5 Å². The van der Waals surface area contributed by atoms with Crippen molar-refractivity contribution >= 4 is 11.9 Å². The van der Waals surface area contributed by atoms with E-state index in [4.69, 9.17) is 16.2 Å². The van der Waals surface area contributed by atoms with Crippen LogP contribution < -0.4 is 20.9 Å². The highest BCUT2D eigenvalue weighted by molar-refractivity contribution is 6.09. The van der Waals surface area contributed by atoms with Crippen molar-refractivity contribution in [1.82, 2.24) is 4.90 Å². The van der Waals surface area contributed by atoms with E-state index in [1.54, 1.807) is 0 Å². The predicted octanol–water partition coefficient (Wildman–Crippen LogP) is 2.95. The smallest absolute Gasteiger partial charge is 0.387 e. The number of aliphatic imine (C=N–C) groups is 1. The van der Waals surface area contributed by atoms with Crippen molar-refractivity contribution in [3.8, 4) is 11.5 Å². The Labute approximate surface area is 185 Å². The van der Waals surface area contributed by atoms with E-state index in [0.717, 1.165) is 11.0 Å². The van der Waals surface area contributed by atoms with E-state index >= 15 is 0 Å². The molecule has 7 nitrogen and oxygen atoms in total. The Bertz CT molecular complexity index is 1070. The van der Waals surface area contributed by atoms with Gasteiger partial charge >= 0.3 is 6.61 Å². The van der Waals surface area contributed by atoms with Gasteiger partial charge in [-0.25, -0.2) is 18.2 Å². The van der Waals surface area contributed by atoms with Crippen LogP contribution >= 0.6 is 0 Å². The summed E-state index contributed by atoms with van der Waals surface area (Å²) in [5.74, 6) is -2.14. The zero-order chi connectivity index (χ0) is 24.3. The predicted molar refractivity (Wildman–Crippen MR) is 109 cm³/mol. The molecule has 12 heteroatoms. The molecule has 3 rings (SSSR count). The van der Waals surface area contributed by atoms with Crippen LogP contribution in [0.25, 0.3) is 0 Å². The molecule has 1 aliphatic heterocycles. The topological polar surface area (TPSA) is 103 Å². The van der Waals surface area contributed by atoms with Crippen molar-refractivity contribution in [3.05, 3.63) is 58.9 Å². The number of nitrogens with zero attached hydrogens (tertiary/aromatic N) is 2. The highest BCUT2D eigenvalue weighted by Crippen LogP contribution is 2.42. The van der Waals surface area contributed by atoms with Gasteiger partial charge in [0.1, 0.15) is 5.75 Å². The minimum Gasteiger partial charge on any atom is -0.490 e. The van der Waals surface area contributed by atoms with Crippen LogP contribution in [0.1, 0.15) is 23.1 Å². The van der Waals surface area contributed by atoms with Crippen molar-refractivity contribution < 1.29 is 36.2 Å². The fourth-order valence-electron chi connectivity index (χ4n) is 3.46. The van der Waals surface area contributed by atoms with Gasteiger partial charge in [0.2, 0.25) is 6.43 Å². The van der Waals surface area contributed by atoms with E-state index in [1.165, 1.54) is 37.4 Å². The van der Waals surface area contributed by atoms with Crippen LogP contribution in [0.4, 0.5) is 22.0 Å². The number of rotatable bonds is 9. The van der Waals surface area contributed by atoms with E-state index in [9.17, 15) is 26.7 Å². The number of hydrogen-bond acceptors (Lipinski definition) is 6. The van der Waals surface area contributed by atoms with Gasteiger partial charge in [0.25, 0.3) is 5.91 Å². The molecule has 4 N–H and O–H groups in total. The van der Waals surface area contributed by atoms with Crippen LogP contribution in [-0.2, 0) is 16.9 Å². The number of ether oxygens (including phenoxy) is 2. The molecule has 2 aromatic rings. The number of likely N-dealkylation sites (N-methyl/N-ethyl adjacent to an activating group) is 1. The number of carbonyl (C=O) groups excluding carboxylic acids is 1. The molecule has 2 aromatic carbocycles. The van der Waals surface area contributed by atoms with E-state index in [-0.39, 0.29) is 40.7 Å². The fourth-order valence-corrected chi connectivity index (χ4v) is 3.46. The largest absolute Gasteiger partial charge is 0.490 e. The van der Waals surface area contributed by atoms with Gasteiger partial charge in [-0.15, -0.1) is 0 Å². The molecular weight excluding hydrogens is 451 g/mol. The maximum atomic E-state index is 14.3. The minimum absolute atomic E-state index is 0.124. The van der Waals surface area contributed by atoms with Crippen molar-refractivity contribution in [1.29, 1.82) is 0 Å². The van der Waals surface area contributed by atoms with Crippen molar-refractivity contribution in [3.63, 3.8) is 0 Å². The first-order chi connectivity index (χ1) is 15.6. The van der Waals surface area contributed by atoms with Crippen molar-refractivity contribution in [2.75, 3.05) is 13.7 Å². The first-order valence-corrected chi connectivity index (χ1v) is 9.73. The second kappa shape index (κ2) is 9.61. The summed E-state index contributed by atoms with van der Waals surface area (Å²) < 4.78 is 74.2. The first-order valence-electron chi connectivity index (χ1n) is 9.73. The lowest BCUT2D eigenvalue weighted by molar-refractivity contribution is -0.129. The number of halogens is 5. The van der Waals surface area contributed by atoms with Gasteiger partial charge in [-0.05, 0) is 35.4 Å². The van der Waals surface area contributed by atoms with Crippen LogP contribution in [0, 0.1) is 5.82 Å². The monoisotopic (exact) mass is 472 g/mol. The molecular formula is C21H21F5N4O3. The van der Waals surface area contributed by atoms with Crippen LogP contribution in [-0.4, -0.2) is 43.5 Å². The molecule has 0 fully saturated rings. The molecule has 0 saturated heterocycles. The summed E-state index contributed by atoms with van der Waals surface area (Å²) in [5, 5.41) is 0. The van der Waals surface area contributed by atoms with Gasteiger partial charge in [0, 0.05) is 25.6 Å². The number of benzene rings is 2. The van der Waals surface area contributed by atoms with E-state index in [1.807, 2.05) is 0 Å². The van der Waals surface area contributed by atoms with Gasteiger partial charge in [-0.3, -0.25) is 9.69 Å². The summed E-state index contributed by atoms with van der Waals surface area (Å²) in [4.78, 5) is 18.7. The molecule has 0 spiro atoms. The highest BCUT2D eigenvalue weighted by atomic mass is 19.3. The van der Waals surface area contributed by atoms with E-state index in [2.05, 4.69) is 9.73 Å². The third kappa shape index (κ3) is 4.70. The van der Waals surface area contributed by atoms with Crippen LogP contribution in [0.3, 0.4) is 0 Å². The number of alkyl halides is 4. The average Bonchev–Trinajstić information content (AvgIpc) is 2.99. The number of nitrogens with two attached hydrogens (primary N) is 2. The van der Waals surface area contributed by atoms with Crippen LogP contribution in [0.15, 0.2) is 41.4 Å². The van der Waals surface area contributed by atoms with Gasteiger partial charge in [-0.1, -0.05) is 12.1 Å². The first kappa shape index (κ1) is 24.2. The zero-order valence-electron chi connectivity index (χ0n) is 17.4. The minimum atomic E-state index is -3.09. The standard InChI is InChI=1S/C21H21F5N4O3/c1-30-18(31)21(29-20(30)28,12-3-5-15(33-19(25)26)11(8-12)10-27)13-2-4-14(22)16(9-13)32-7-6-17(23)24/h2-5,8-9,17,19H,6-7,10,27H2,1H3,(H2,28,29)/t21-/m0/s1. The summed E-state index contributed by atoms with van der Waals surface area (Å²) in [6, 6.07) is 7.36. The lowest BCUT2D eigenvalue weighted by atomic mass is 9.82. The summed E-state index contributed by atoms with van der Waals surface area (Å²) in [7, 11) is 1.38. The molecule has 1 amide bonds. The summed E-state index contributed by atoms with van der Waals surface area (Å²) in [6.45, 7) is -3.74. The molecule has 1 heterocycles. The van der Waals surface area contributed by atoms with Gasteiger partial charge in [0.15, 0.2) is 23.1 Å². The Kier molecular flexibility index (Phi) is 7.06. The lowest BCUT2D eigenvalue weighted by Crippen LogP contribution is -2.41. The Morgan fingerprint density at radius 1 is 1.09 bits per heavy atom. The molecule has 0 saturated carbocycles. The zero-order valence-corrected chi connectivity index (χ0v) is 17.4. The SMILES string of the molecule is CN1C(=O)[C@](c2ccc(OC(F)F)c(CN)c2)(c2ccc(F)c(OCCC(F)F)c2)N=C1N. The maximum Gasteiger partial charge on any atom is 0.387 e. The molecule has 0 radical (unpaired) electrons. The average molecular weight is 472 g/mol. The third-order valence-corrected chi connectivity index (χ3v) is 5.10. The molecule has 33 heavy (non-hydrogen) atoms. The maximum absolute atomic E-state index is 14.3. The Balaban J connectivity index is 2.14. The molecule has 1 atom stereocenters. The molecule has 178 valence electrons.